The Bertz CT molecular complexity index is 576. The van der Waals surface area contributed by atoms with Crippen LogP contribution in [0.2, 0.25) is 0 Å². The minimum Gasteiger partial charge on any atom is -0.463 e. The first-order valence-corrected chi connectivity index (χ1v) is 6.77. The van der Waals surface area contributed by atoms with Crippen LogP contribution in [0.25, 0.3) is 0 Å². The molecule has 1 aromatic rings. The number of hydrogen-bond donors (Lipinski definition) is 0. The summed E-state index contributed by atoms with van der Waals surface area (Å²) in [4.78, 5) is 24.1. The van der Waals surface area contributed by atoms with Crippen LogP contribution in [0.3, 0.4) is 0 Å². The van der Waals surface area contributed by atoms with Gasteiger partial charge in [0.1, 0.15) is 11.1 Å². The van der Waals surface area contributed by atoms with E-state index in [1.807, 2.05) is 0 Å². The summed E-state index contributed by atoms with van der Waals surface area (Å²) in [5, 5.41) is 0. The summed E-state index contributed by atoms with van der Waals surface area (Å²) in [5.41, 5.74) is 0.260. The van der Waals surface area contributed by atoms with Gasteiger partial charge in [0.25, 0.3) is 0 Å². The summed E-state index contributed by atoms with van der Waals surface area (Å²) >= 11 is 0. The Morgan fingerprint density at radius 1 is 0.875 bits per heavy atom. The molecule has 1 heterocycles. The van der Waals surface area contributed by atoms with E-state index in [1.165, 1.54) is 28.1 Å². The molecule has 0 aromatic heterocycles. The first-order valence-electron chi connectivity index (χ1n) is 6.77. The van der Waals surface area contributed by atoms with Crippen molar-refractivity contribution in [2.45, 2.75) is 13.8 Å². The molecule has 8 nitrogen and oxygen atoms in total. The molecule has 3 radical (unpaired) electrons. The third-order valence-electron chi connectivity index (χ3n) is 3.07. The zero-order valence-electron chi connectivity index (χ0n) is 14.0. The van der Waals surface area contributed by atoms with Gasteiger partial charge in [-0.3, -0.25) is 9.59 Å². The number of hydrogen-bond acceptors (Lipinski definition) is 8. The van der Waals surface area contributed by atoms with Crippen molar-refractivity contribution in [3.05, 3.63) is 11.1 Å². The Morgan fingerprint density at radius 2 is 1.25 bits per heavy atom. The molecule has 1 aliphatic rings. The SMILES string of the molecule is COCOc1c(OCOC)c(C(C)=O)c2c(c1C(C)=O)OCO2.[B]. The van der Waals surface area contributed by atoms with Crippen molar-refractivity contribution in [2.24, 2.45) is 0 Å². The van der Waals surface area contributed by atoms with Crippen molar-refractivity contribution in [2.75, 3.05) is 34.6 Å². The van der Waals surface area contributed by atoms with E-state index in [4.69, 9.17) is 28.4 Å². The zero-order valence-corrected chi connectivity index (χ0v) is 14.0. The van der Waals surface area contributed by atoms with Gasteiger partial charge in [0.2, 0.25) is 6.79 Å². The molecule has 0 amide bonds. The monoisotopic (exact) mass is 337 g/mol. The second-order valence-corrected chi connectivity index (χ2v) is 4.69. The van der Waals surface area contributed by atoms with E-state index < -0.39 is 0 Å². The fraction of sp³-hybridized carbons (Fsp3) is 0.467. The van der Waals surface area contributed by atoms with Crippen molar-refractivity contribution >= 4 is 20.0 Å². The smallest absolute Gasteiger partial charge is 0.231 e. The topological polar surface area (TPSA) is 89.5 Å². The minimum absolute atomic E-state index is 0. The number of carbonyl (C=O) groups excluding carboxylic acids is 2. The third-order valence-corrected chi connectivity index (χ3v) is 3.07. The van der Waals surface area contributed by atoms with E-state index >= 15 is 0 Å². The lowest BCUT2D eigenvalue weighted by molar-refractivity contribution is 0.0309. The lowest BCUT2D eigenvalue weighted by atomic mass is 10.0. The van der Waals surface area contributed by atoms with Crippen LogP contribution in [0.4, 0.5) is 0 Å². The second kappa shape index (κ2) is 8.56. The molecular weight excluding hydrogens is 319 g/mol. The molecule has 129 valence electrons. The summed E-state index contributed by atoms with van der Waals surface area (Å²) in [6.07, 6.45) is 0. The van der Waals surface area contributed by atoms with Crippen molar-refractivity contribution in [3.8, 4) is 23.0 Å². The van der Waals surface area contributed by atoms with E-state index in [0.29, 0.717) is 0 Å². The molecule has 0 fully saturated rings. The van der Waals surface area contributed by atoms with E-state index in [9.17, 15) is 9.59 Å². The maximum Gasteiger partial charge on any atom is 0.231 e. The lowest BCUT2D eigenvalue weighted by Gasteiger charge is -2.19. The minimum atomic E-state index is -0.324. The highest BCUT2D eigenvalue weighted by atomic mass is 16.7. The van der Waals surface area contributed by atoms with Crippen LogP contribution in [-0.4, -0.2) is 54.6 Å². The molecular formula is C15H18BO8. The largest absolute Gasteiger partial charge is 0.463 e. The van der Waals surface area contributed by atoms with Gasteiger partial charge in [0.15, 0.2) is 48.2 Å². The van der Waals surface area contributed by atoms with Gasteiger partial charge in [-0.15, -0.1) is 0 Å². The molecule has 24 heavy (non-hydrogen) atoms. The molecule has 0 N–H and O–H groups in total. The highest BCUT2D eigenvalue weighted by molar-refractivity contribution is 6.08. The van der Waals surface area contributed by atoms with E-state index in [0.717, 1.165) is 0 Å². The van der Waals surface area contributed by atoms with Crippen molar-refractivity contribution < 1.29 is 38.0 Å². The van der Waals surface area contributed by atoms with Gasteiger partial charge >= 0.3 is 0 Å². The first kappa shape index (κ1) is 19.8. The normalized spacial score (nSPS) is 11.7. The average Bonchev–Trinajstić information content (AvgIpc) is 2.97. The summed E-state index contributed by atoms with van der Waals surface area (Å²) in [6, 6.07) is 0. The highest BCUT2D eigenvalue weighted by Gasteiger charge is 2.35. The summed E-state index contributed by atoms with van der Waals surface area (Å²) < 4.78 is 31.4. The molecule has 0 unspecified atom stereocenters. The maximum absolute atomic E-state index is 12.1. The molecule has 0 spiro atoms. The quantitative estimate of drug-likeness (QED) is 0.400. The van der Waals surface area contributed by atoms with Gasteiger partial charge in [-0.05, 0) is 13.8 Å². The van der Waals surface area contributed by atoms with Gasteiger partial charge in [0, 0.05) is 22.6 Å². The molecule has 0 bridgehead atoms. The predicted octanol–water partition coefficient (Wildman–Crippen LogP) is 1.41. The number of carbonyl (C=O) groups is 2. The van der Waals surface area contributed by atoms with Crippen molar-refractivity contribution in [3.63, 3.8) is 0 Å². The number of ketones is 2. The number of methoxy groups -OCH3 is 2. The summed E-state index contributed by atoms with van der Waals surface area (Å²) in [6.45, 7) is 2.32. The number of rotatable bonds is 8. The van der Waals surface area contributed by atoms with Gasteiger partial charge < -0.3 is 28.4 Å². The van der Waals surface area contributed by atoms with Crippen LogP contribution in [0.15, 0.2) is 0 Å². The van der Waals surface area contributed by atoms with Crippen LogP contribution in [0.5, 0.6) is 23.0 Å². The van der Waals surface area contributed by atoms with E-state index in [2.05, 4.69) is 0 Å². The Kier molecular flexibility index (Phi) is 7.06. The maximum atomic E-state index is 12.1. The molecule has 1 aliphatic heterocycles. The fourth-order valence-electron chi connectivity index (χ4n) is 2.23. The summed E-state index contributed by atoms with van der Waals surface area (Å²) in [7, 11) is 2.87. The van der Waals surface area contributed by atoms with Crippen LogP contribution in [0.1, 0.15) is 34.6 Å². The average molecular weight is 337 g/mol. The number of benzene rings is 1. The highest BCUT2D eigenvalue weighted by Crippen LogP contribution is 2.51. The van der Waals surface area contributed by atoms with Gasteiger partial charge in [-0.1, -0.05) is 0 Å². The Hall–Kier alpha value is -2.26. The van der Waals surface area contributed by atoms with Crippen molar-refractivity contribution in [1.29, 1.82) is 0 Å². The molecule has 9 heteroatoms. The van der Waals surface area contributed by atoms with Crippen molar-refractivity contribution in [1.82, 2.24) is 0 Å². The zero-order chi connectivity index (χ0) is 17.0. The molecule has 0 aliphatic carbocycles. The Morgan fingerprint density at radius 3 is 1.54 bits per heavy atom. The second-order valence-electron chi connectivity index (χ2n) is 4.69. The predicted molar refractivity (Wildman–Crippen MR) is 83.3 cm³/mol. The van der Waals surface area contributed by atoms with E-state index in [-0.39, 0.29) is 74.5 Å². The number of ether oxygens (including phenoxy) is 6. The van der Waals surface area contributed by atoms with Crippen LogP contribution < -0.4 is 18.9 Å². The first-order chi connectivity index (χ1) is 11.0. The number of Topliss-reactive ketones (excluding diaryl/α,β-unsaturated/α-hetero) is 2. The lowest BCUT2D eigenvalue weighted by Crippen LogP contribution is -2.12. The Labute approximate surface area is 141 Å². The van der Waals surface area contributed by atoms with Crippen LogP contribution in [0, 0.1) is 0 Å². The molecule has 0 saturated heterocycles. The number of fused-ring (bicyclic) bond motifs is 1. The fourth-order valence-corrected chi connectivity index (χ4v) is 2.23. The van der Waals surface area contributed by atoms with Crippen LogP contribution in [-0.2, 0) is 9.47 Å². The Balaban J connectivity index is 0.00000288. The molecule has 1 aromatic carbocycles. The van der Waals surface area contributed by atoms with Crippen LogP contribution >= 0.6 is 0 Å². The molecule has 2 rings (SSSR count). The van der Waals surface area contributed by atoms with Gasteiger partial charge in [-0.2, -0.15) is 0 Å². The standard InChI is InChI=1S/C15H18O8.B/c1-8(16)10-12(20-5-18-3)13(21-6-19-4)11(9(2)17)15-14(10)22-7-23-15;/h5-7H2,1-4H3;. The van der Waals surface area contributed by atoms with Gasteiger partial charge in [0.05, 0.1) is 0 Å². The van der Waals surface area contributed by atoms with E-state index in [1.54, 1.807) is 0 Å². The summed E-state index contributed by atoms with van der Waals surface area (Å²) in [5.74, 6) is -0.195. The third kappa shape index (κ3) is 3.63. The molecule has 0 atom stereocenters. The molecule has 0 saturated carbocycles. The van der Waals surface area contributed by atoms with Gasteiger partial charge in [-0.25, -0.2) is 0 Å².